The number of aromatic nitrogens is 3. The lowest BCUT2D eigenvalue weighted by Gasteiger charge is -2.12. The molecule has 0 amide bonds. The molecule has 0 fully saturated rings. The molecule has 0 saturated carbocycles. The van der Waals surface area contributed by atoms with Crippen LogP contribution < -0.4 is 10.2 Å². The van der Waals surface area contributed by atoms with Gasteiger partial charge in [-0.05, 0) is 23.7 Å². The van der Waals surface area contributed by atoms with Gasteiger partial charge in [0.2, 0.25) is 17.2 Å². The number of nitrogens with zero attached hydrogens (tertiary/aromatic N) is 4. The van der Waals surface area contributed by atoms with Crippen molar-refractivity contribution in [1.82, 2.24) is 15.0 Å². The van der Waals surface area contributed by atoms with Crippen LogP contribution in [0.4, 0.5) is 26.4 Å². The van der Waals surface area contributed by atoms with Crippen molar-refractivity contribution in [2.45, 2.75) is 0 Å². The molecule has 2 aromatic rings. The Morgan fingerprint density at radius 3 is 2.58 bits per heavy atom. The van der Waals surface area contributed by atoms with Crippen molar-refractivity contribution in [1.29, 1.82) is 0 Å². The fourth-order valence-corrected chi connectivity index (χ4v) is 1.46. The fraction of sp³-hybridized carbons (Fsp3) is 0.182. The average molecular weight is 286 g/mol. The first kappa shape index (κ1) is 13.4. The van der Waals surface area contributed by atoms with Crippen LogP contribution in [0.1, 0.15) is 0 Å². The lowest BCUT2D eigenvalue weighted by molar-refractivity contribution is 0.603. The van der Waals surface area contributed by atoms with Crippen molar-refractivity contribution < 1.29 is 8.78 Å². The second-order valence-corrected chi connectivity index (χ2v) is 4.21. The summed E-state index contributed by atoms with van der Waals surface area (Å²) in [5, 5.41) is 2.52. The van der Waals surface area contributed by atoms with Crippen LogP contribution in [0, 0.1) is 11.6 Å². The van der Waals surface area contributed by atoms with Crippen molar-refractivity contribution in [3.8, 4) is 0 Å². The molecule has 0 radical (unpaired) electrons. The Labute approximate surface area is 113 Å². The second kappa shape index (κ2) is 5.31. The second-order valence-electron chi connectivity index (χ2n) is 3.87. The number of halogens is 3. The SMILES string of the molecule is CN(C)c1nc(Cl)nc(Nc2cc(F)ccc2F)n1. The fourth-order valence-electron chi connectivity index (χ4n) is 1.31. The maximum Gasteiger partial charge on any atom is 0.233 e. The van der Waals surface area contributed by atoms with Gasteiger partial charge in [0.1, 0.15) is 11.6 Å². The summed E-state index contributed by atoms with van der Waals surface area (Å²) < 4.78 is 26.5. The number of benzene rings is 1. The minimum absolute atomic E-state index is 0.0354. The van der Waals surface area contributed by atoms with Gasteiger partial charge in [0.15, 0.2) is 0 Å². The molecule has 0 atom stereocenters. The Morgan fingerprint density at radius 2 is 1.89 bits per heavy atom. The Bertz CT molecular complexity index is 606. The topological polar surface area (TPSA) is 53.9 Å². The zero-order chi connectivity index (χ0) is 14.0. The molecular formula is C11H10ClF2N5. The van der Waals surface area contributed by atoms with E-state index in [0.717, 1.165) is 18.2 Å². The summed E-state index contributed by atoms with van der Waals surface area (Å²) in [7, 11) is 3.44. The molecule has 0 saturated heterocycles. The standard InChI is InChI=1S/C11H10ClF2N5/c1-19(2)11-17-9(12)16-10(18-11)15-8-5-6(13)3-4-7(8)14/h3-5H,1-2H3,(H,15,16,17,18). The van der Waals surface area contributed by atoms with E-state index < -0.39 is 11.6 Å². The highest BCUT2D eigenvalue weighted by Gasteiger charge is 2.09. The highest BCUT2D eigenvalue weighted by molar-refractivity contribution is 6.28. The summed E-state index contributed by atoms with van der Waals surface area (Å²) in [6, 6.07) is 3.03. The molecule has 100 valence electrons. The Kier molecular flexibility index (Phi) is 3.75. The number of hydrogen-bond acceptors (Lipinski definition) is 5. The van der Waals surface area contributed by atoms with Crippen molar-refractivity contribution in [3.63, 3.8) is 0 Å². The highest BCUT2D eigenvalue weighted by atomic mass is 35.5. The molecule has 0 aliphatic heterocycles. The molecule has 0 aliphatic carbocycles. The van der Waals surface area contributed by atoms with Gasteiger partial charge in [-0.15, -0.1) is 0 Å². The van der Waals surface area contributed by atoms with Crippen LogP contribution >= 0.6 is 11.6 Å². The van der Waals surface area contributed by atoms with E-state index in [2.05, 4.69) is 20.3 Å². The normalized spacial score (nSPS) is 10.4. The third-order valence-corrected chi connectivity index (χ3v) is 2.34. The van der Waals surface area contributed by atoms with E-state index in [4.69, 9.17) is 11.6 Å². The van der Waals surface area contributed by atoms with Crippen LogP contribution in [0.3, 0.4) is 0 Å². The van der Waals surface area contributed by atoms with Gasteiger partial charge in [-0.3, -0.25) is 0 Å². The molecule has 1 heterocycles. The third kappa shape index (κ3) is 3.25. The largest absolute Gasteiger partial charge is 0.347 e. The molecule has 1 N–H and O–H groups in total. The summed E-state index contributed by atoms with van der Waals surface area (Å²) >= 11 is 5.73. The van der Waals surface area contributed by atoms with Crippen LogP contribution in [0.2, 0.25) is 5.28 Å². The summed E-state index contributed by atoms with van der Waals surface area (Å²) in [4.78, 5) is 13.3. The minimum atomic E-state index is -0.621. The number of anilines is 3. The Hall–Kier alpha value is -2.02. The van der Waals surface area contributed by atoms with E-state index >= 15 is 0 Å². The Balaban J connectivity index is 2.35. The Morgan fingerprint density at radius 1 is 1.16 bits per heavy atom. The molecule has 0 aliphatic rings. The molecule has 1 aromatic carbocycles. The highest BCUT2D eigenvalue weighted by Crippen LogP contribution is 2.20. The monoisotopic (exact) mass is 285 g/mol. The first-order valence-electron chi connectivity index (χ1n) is 5.26. The predicted molar refractivity (Wildman–Crippen MR) is 68.8 cm³/mol. The first-order valence-corrected chi connectivity index (χ1v) is 5.64. The molecule has 5 nitrogen and oxygen atoms in total. The van der Waals surface area contributed by atoms with Gasteiger partial charge in [-0.2, -0.15) is 15.0 Å². The summed E-state index contributed by atoms with van der Waals surface area (Å²) in [5.74, 6) is -0.853. The van der Waals surface area contributed by atoms with Gasteiger partial charge in [-0.1, -0.05) is 0 Å². The molecule has 8 heteroatoms. The van der Waals surface area contributed by atoms with Crippen LogP contribution in [0.25, 0.3) is 0 Å². The quantitative estimate of drug-likeness (QED) is 0.939. The molecule has 0 bridgehead atoms. The van der Waals surface area contributed by atoms with Crippen LogP contribution in [-0.2, 0) is 0 Å². The maximum absolute atomic E-state index is 13.5. The lowest BCUT2D eigenvalue weighted by Crippen LogP contribution is -2.14. The van der Waals surface area contributed by atoms with Gasteiger partial charge in [-0.25, -0.2) is 8.78 Å². The third-order valence-electron chi connectivity index (χ3n) is 2.17. The van der Waals surface area contributed by atoms with Crippen molar-refractivity contribution in [3.05, 3.63) is 35.1 Å². The van der Waals surface area contributed by atoms with Crippen LogP contribution in [-0.4, -0.2) is 29.0 Å². The van der Waals surface area contributed by atoms with Gasteiger partial charge in [0, 0.05) is 20.2 Å². The summed E-state index contributed by atoms with van der Waals surface area (Å²) in [5.41, 5.74) is -0.0769. The van der Waals surface area contributed by atoms with E-state index in [1.807, 2.05) is 0 Å². The summed E-state index contributed by atoms with van der Waals surface area (Å²) in [6.07, 6.45) is 0. The van der Waals surface area contributed by atoms with Crippen molar-refractivity contribution in [2.24, 2.45) is 0 Å². The van der Waals surface area contributed by atoms with Crippen molar-refractivity contribution >= 4 is 29.2 Å². The molecule has 1 aromatic heterocycles. The van der Waals surface area contributed by atoms with E-state index in [1.165, 1.54) is 0 Å². The van der Waals surface area contributed by atoms with E-state index in [-0.39, 0.29) is 16.9 Å². The molecule has 0 spiro atoms. The molecular weight excluding hydrogens is 276 g/mol. The lowest BCUT2D eigenvalue weighted by atomic mass is 10.3. The molecule has 19 heavy (non-hydrogen) atoms. The first-order chi connectivity index (χ1) is 8.95. The van der Waals surface area contributed by atoms with Crippen LogP contribution in [0.15, 0.2) is 18.2 Å². The van der Waals surface area contributed by atoms with Gasteiger partial charge in [0.05, 0.1) is 5.69 Å². The average Bonchev–Trinajstić information content (AvgIpc) is 2.33. The zero-order valence-electron chi connectivity index (χ0n) is 10.2. The van der Waals surface area contributed by atoms with E-state index in [1.54, 1.807) is 19.0 Å². The number of nitrogens with one attached hydrogen (secondary N) is 1. The van der Waals surface area contributed by atoms with Crippen molar-refractivity contribution in [2.75, 3.05) is 24.3 Å². The zero-order valence-corrected chi connectivity index (χ0v) is 10.9. The van der Waals surface area contributed by atoms with E-state index in [0.29, 0.717) is 5.95 Å². The van der Waals surface area contributed by atoms with E-state index in [9.17, 15) is 8.78 Å². The van der Waals surface area contributed by atoms with Gasteiger partial charge in [0.25, 0.3) is 0 Å². The van der Waals surface area contributed by atoms with Gasteiger partial charge >= 0.3 is 0 Å². The smallest absolute Gasteiger partial charge is 0.233 e. The maximum atomic E-state index is 13.5. The van der Waals surface area contributed by atoms with Crippen LogP contribution in [0.5, 0.6) is 0 Å². The predicted octanol–water partition coefficient (Wildman–Crippen LogP) is 2.61. The summed E-state index contributed by atoms with van der Waals surface area (Å²) in [6.45, 7) is 0. The minimum Gasteiger partial charge on any atom is -0.347 e. The number of rotatable bonds is 3. The molecule has 2 rings (SSSR count). The molecule has 0 unspecified atom stereocenters. The number of hydrogen-bond donors (Lipinski definition) is 1. The van der Waals surface area contributed by atoms with Gasteiger partial charge < -0.3 is 10.2 Å².